The molecule has 4 N–H and O–H groups in total. The molecule has 0 spiro atoms. The smallest absolute Gasteiger partial charge is 0.00448 e. The Bertz CT molecular complexity index is 165. The third-order valence-corrected chi connectivity index (χ3v) is 3.94. The van der Waals surface area contributed by atoms with Crippen molar-refractivity contribution in [2.45, 2.75) is 46.1 Å². The topological polar surface area (TPSA) is 52.0 Å². The summed E-state index contributed by atoms with van der Waals surface area (Å²) in [6.45, 7) is 7.65. The van der Waals surface area contributed by atoms with Gasteiger partial charge in [-0.05, 0) is 36.6 Å². The van der Waals surface area contributed by atoms with Crippen molar-refractivity contribution < 1.29 is 0 Å². The summed E-state index contributed by atoms with van der Waals surface area (Å²) < 4.78 is 0. The van der Waals surface area contributed by atoms with Gasteiger partial charge in [-0.15, -0.1) is 0 Å². The predicted octanol–water partition coefficient (Wildman–Crippen LogP) is 1.49. The van der Waals surface area contributed by atoms with Gasteiger partial charge in [0.1, 0.15) is 0 Å². The minimum absolute atomic E-state index is 0.241. The minimum Gasteiger partial charge on any atom is -0.330 e. The van der Waals surface area contributed by atoms with Crippen molar-refractivity contribution in [1.82, 2.24) is 0 Å². The molecule has 2 unspecified atom stereocenters. The lowest BCUT2D eigenvalue weighted by atomic mass is 9.58. The molecule has 0 amide bonds. The van der Waals surface area contributed by atoms with Crippen LogP contribution in [0, 0.1) is 10.8 Å². The van der Waals surface area contributed by atoms with Crippen LogP contribution in [0.3, 0.4) is 0 Å². The van der Waals surface area contributed by atoms with E-state index < -0.39 is 0 Å². The Hall–Kier alpha value is -0.0800. The lowest BCUT2D eigenvalue weighted by Crippen LogP contribution is -2.49. The van der Waals surface area contributed by atoms with Gasteiger partial charge in [0, 0.05) is 6.04 Å². The molecule has 2 heteroatoms. The molecule has 0 aromatic heterocycles. The Balaban J connectivity index is 2.78. The molecule has 12 heavy (non-hydrogen) atoms. The Morgan fingerprint density at radius 3 is 2.33 bits per heavy atom. The fourth-order valence-corrected chi connectivity index (χ4v) is 2.16. The van der Waals surface area contributed by atoms with Gasteiger partial charge >= 0.3 is 0 Å². The maximum absolute atomic E-state index is 5.95. The summed E-state index contributed by atoms with van der Waals surface area (Å²) in [5, 5.41) is 0. The molecule has 0 aromatic carbocycles. The monoisotopic (exact) mass is 170 g/mol. The molecule has 1 rings (SSSR count). The van der Waals surface area contributed by atoms with E-state index in [2.05, 4.69) is 20.8 Å². The summed E-state index contributed by atoms with van der Waals surface area (Å²) in [7, 11) is 0. The molecule has 2 nitrogen and oxygen atoms in total. The van der Waals surface area contributed by atoms with Crippen molar-refractivity contribution in [3.05, 3.63) is 0 Å². The highest BCUT2D eigenvalue weighted by atomic mass is 14.7. The molecular weight excluding hydrogens is 148 g/mol. The van der Waals surface area contributed by atoms with Gasteiger partial charge in [-0.2, -0.15) is 0 Å². The highest BCUT2D eigenvalue weighted by Gasteiger charge is 2.43. The highest BCUT2D eigenvalue weighted by molar-refractivity contribution is 4.97. The van der Waals surface area contributed by atoms with Crippen molar-refractivity contribution in [3.8, 4) is 0 Å². The maximum atomic E-state index is 5.95. The molecule has 0 radical (unpaired) electrons. The molecule has 1 fully saturated rings. The van der Waals surface area contributed by atoms with Gasteiger partial charge in [0.05, 0.1) is 0 Å². The standard InChI is InChI=1S/C10H22N2/c1-9(2)5-4-8(12)6-10(9,3)7-11/h8H,4-7,11-12H2,1-3H3. The maximum Gasteiger partial charge on any atom is 0.00448 e. The van der Waals surface area contributed by atoms with E-state index in [1.54, 1.807) is 0 Å². The summed E-state index contributed by atoms with van der Waals surface area (Å²) in [4.78, 5) is 0. The molecule has 1 saturated carbocycles. The Labute approximate surface area is 75.7 Å². The second-order valence-electron chi connectivity index (χ2n) is 5.15. The summed E-state index contributed by atoms with van der Waals surface area (Å²) in [5.74, 6) is 0. The van der Waals surface area contributed by atoms with Gasteiger partial charge < -0.3 is 11.5 Å². The fraction of sp³-hybridized carbons (Fsp3) is 1.00. The second-order valence-corrected chi connectivity index (χ2v) is 5.15. The number of hydrogen-bond acceptors (Lipinski definition) is 2. The summed E-state index contributed by atoms with van der Waals surface area (Å²) in [5.41, 5.74) is 12.4. The SMILES string of the molecule is CC1(C)CCC(N)CC1(C)CN. The van der Waals surface area contributed by atoms with Gasteiger partial charge in [0.15, 0.2) is 0 Å². The van der Waals surface area contributed by atoms with Crippen LogP contribution in [0.4, 0.5) is 0 Å². The second kappa shape index (κ2) is 3.00. The number of rotatable bonds is 1. The van der Waals surface area contributed by atoms with Gasteiger partial charge in [-0.25, -0.2) is 0 Å². The van der Waals surface area contributed by atoms with E-state index in [-0.39, 0.29) is 5.41 Å². The van der Waals surface area contributed by atoms with E-state index >= 15 is 0 Å². The summed E-state index contributed by atoms with van der Waals surface area (Å²) in [6, 6.07) is 0.367. The van der Waals surface area contributed by atoms with Crippen LogP contribution < -0.4 is 11.5 Å². The van der Waals surface area contributed by atoms with Gasteiger partial charge in [-0.1, -0.05) is 20.8 Å². The minimum atomic E-state index is 0.241. The van der Waals surface area contributed by atoms with Crippen molar-refractivity contribution in [2.75, 3.05) is 6.54 Å². The van der Waals surface area contributed by atoms with Crippen LogP contribution in [-0.2, 0) is 0 Å². The van der Waals surface area contributed by atoms with Gasteiger partial charge in [0.2, 0.25) is 0 Å². The number of nitrogens with two attached hydrogens (primary N) is 2. The molecule has 0 saturated heterocycles. The molecule has 0 bridgehead atoms. The average Bonchev–Trinajstić information content (AvgIpc) is 1.98. The van der Waals surface area contributed by atoms with E-state index in [1.807, 2.05) is 0 Å². The molecule has 0 heterocycles. The molecule has 1 aliphatic carbocycles. The normalized spacial score (nSPS) is 41.2. The predicted molar refractivity (Wildman–Crippen MR) is 52.8 cm³/mol. The molecule has 1 aliphatic rings. The van der Waals surface area contributed by atoms with E-state index in [1.165, 1.54) is 6.42 Å². The average molecular weight is 170 g/mol. The van der Waals surface area contributed by atoms with Crippen LogP contribution in [0.2, 0.25) is 0 Å². The quantitative estimate of drug-likeness (QED) is 0.626. The van der Waals surface area contributed by atoms with Crippen molar-refractivity contribution in [2.24, 2.45) is 22.3 Å². The third kappa shape index (κ3) is 1.50. The fourth-order valence-electron chi connectivity index (χ4n) is 2.16. The van der Waals surface area contributed by atoms with Crippen LogP contribution >= 0.6 is 0 Å². The lowest BCUT2D eigenvalue weighted by molar-refractivity contribution is 0.0318. The zero-order valence-corrected chi connectivity index (χ0v) is 8.56. The van der Waals surface area contributed by atoms with Crippen molar-refractivity contribution in [3.63, 3.8) is 0 Å². The third-order valence-electron chi connectivity index (χ3n) is 3.94. The van der Waals surface area contributed by atoms with Crippen molar-refractivity contribution >= 4 is 0 Å². The molecule has 0 aliphatic heterocycles. The first-order valence-corrected chi connectivity index (χ1v) is 4.87. The van der Waals surface area contributed by atoms with E-state index in [0.29, 0.717) is 11.5 Å². The summed E-state index contributed by atoms with van der Waals surface area (Å²) >= 11 is 0. The van der Waals surface area contributed by atoms with Crippen molar-refractivity contribution in [1.29, 1.82) is 0 Å². The molecule has 72 valence electrons. The van der Waals surface area contributed by atoms with Crippen LogP contribution in [0.1, 0.15) is 40.0 Å². The van der Waals surface area contributed by atoms with Crippen LogP contribution in [0.25, 0.3) is 0 Å². The zero-order chi connectivity index (χ0) is 9.41. The van der Waals surface area contributed by atoms with Crippen LogP contribution in [-0.4, -0.2) is 12.6 Å². The first kappa shape index (κ1) is 10.0. The Morgan fingerprint density at radius 1 is 1.33 bits per heavy atom. The largest absolute Gasteiger partial charge is 0.330 e. The van der Waals surface area contributed by atoms with Crippen LogP contribution in [0.5, 0.6) is 0 Å². The highest BCUT2D eigenvalue weighted by Crippen LogP contribution is 2.48. The van der Waals surface area contributed by atoms with E-state index in [9.17, 15) is 0 Å². The zero-order valence-electron chi connectivity index (χ0n) is 8.56. The van der Waals surface area contributed by atoms with E-state index in [4.69, 9.17) is 11.5 Å². The molecular formula is C10H22N2. The first-order chi connectivity index (χ1) is 5.41. The van der Waals surface area contributed by atoms with Crippen LogP contribution in [0.15, 0.2) is 0 Å². The Kier molecular flexibility index (Phi) is 2.50. The Morgan fingerprint density at radius 2 is 1.92 bits per heavy atom. The van der Waals surface area contributed by atoms with Gasteiger partial charge in [0.25, 0.3) is 0 Å². The first-order valence-electron chi connectivity index (χ1n) is 4.87. The molecule has 2 atom stereocenters. The lowest BCUT2D eigenvalue weighted by Gasteiger charge is -2.49. The van der Waals surface area contributed by atoms with Gasteiger partial charge in [-0.3, -0.25) is 0 Å². The summed E-state index contributed by atoms with van der Waals surface area (Å²) in [6.07, 6.45) is 3.45. The molecule has 0 aromatic rings. The number of hydrogen-bond donors (Lipinski definition) is 2. The van der Waals surface area contributed by atoms with E-state index in [0.717, 1.165) is 19.4 Å².